The van der Waals surface area contributed by atoms with Crippen LogP contribution < -0.4 is 5.73 Å². The lowest BCUT2D eigenvalue weighted by molar-refractivity contribution is 0.400. The van der Waals surface area contributed by atoms with Crippen molar-refractivity contribution in [3.63, 3.8) is 0 Å². The van der Waals surface area contributed by atoms with Crippen molar-refractivity contribution in [3.8, 4) is 0 Å². The predicted octanol–water partition coefficient (Wildman–Crippen LogP) is 0.479. The third-order valence-electron chi connectivity index (χ3n) is 1.81. The maximum absolute atomic E-state index is 5.76. The maximum atomic E-state index is 5.76. The Labute approximate surface area is 58.4 Å². The number of rotatable bonds is 2. The molecule has 2 N–H and O–H groups in total. The van der Waals surface area contributed by atoms with Crippen LogP contribution in [0.2, 0.25) is 0 Å². The summed E-state index contributed by atoms with van der Waals surface area (Å²) in [5, 5.41) is 3.67. The Kier molecular flexibility index (Phi) is 1.20. The zero-order valence-corrected chi connectivity index (χ0v) is 5.53. The SMILES string of the molecule is N[C@H](c1ncon1)C1CC1. The minimum Gasteiger partial charge on any atom is -0.343 e. The van der Waals surface area contributed by atoms with E-state index in [0.29, 0.717) is 11.7 Å². The summed E-state index contributed by atoms with van der Waals surface area (Å²) in [6.45, 7) is 0. The summed E-state index contributed by atoms with van der Waals surface area (Å²) >= 11 is 0. The van der Waals surface area contributed by atoms with Crippen LogP contribution in [0.3, 0.4) is 0 Å². The van der Waals surface area contributed by atoms with Crippen LogP contribution in [0, 0.1) is 5.92 Å². The summed E-state index contributed by atoms with van der Waals surface area (Å²) < 4.78 is 4.57. The van der Waals surface area contributed by atoms with Gasteiger partial charge >= 0.3 is 0 Å². The topological polar surface area (TPSA) is 64.9 Å². The lowest BCUT2D eigenvalue weighted by Crippen LogP contribution is -2.13. The quantitative estimate of drug-likeness (QED) is 0.647. The molecule has 1 aromatic heterocycles. The van der Waals surface area contributed by atoms with Crippen LogP contribution in [0.5, 0.6) is 0 Å². The highest BCUT2D eigenvalue weighted by molar-refractivity contribution is 4.96. The molecule has 1 aliphatic rings. The van der Waals surface area contributed by atoms with E-state index in [4.69, 9.17) is 5.73 Å². The van der Waals surface area contributed by atoms with Crippen LogP contribution in [0.4, 0.5) is 0 Å². The molecule has 0 radical (unpaired) electrons. The van der Waals surface area contributed by atoms with Crippen molar-refractivity contribution in [1.82, 2.24) is 10.1 Å². The number of nitrogens with zero attached hydrogens (tertiary/aromatic N) is 2. The monoisotopic (exact) mass is 139 g/mol. The fraction of sp³-hybridized carbons (Fsp3) is 0.667. The fourth-order valence-corrected chi connectivity index (χ4v) is 0.992. The lowest BCUT2D eigenvalue weighted by Gasteiger charge is -2.01. The van der Waals surface area contributed by atoms with E-state index < -0.39 is 0 Å². The number of hydrogen-bond donors (Lipinski definition) is 1. The molecule has 0 saturated heterocycles. The van der Waals surface area contributed by atoms with E-state index in [-0.39, 0.29) is 6.04 Å². The smallest absolute Gasteiger partial charge is 0.213 e. The van der Waals surface area contributed by atoms with Gasteiger partial charge in [-0.05, 0) is 18.8 Å². The molecule has 1 saturated carbocycles. The van der Waals surface area contributed by atoms with E-state index >= 15 is 0 Å². The van der Waals surface area contributed by atoms with E-state index in [2.05, 4.69) is 14.7 Å². The zero-order valence-electron chi connectivity index (χ0n) is 5.53. The molecule has 0 aromatic carbocycles. The van der Waals surface area contributed by atoms with Gasteiger partial charge in [-0.15, -0.1) is 0 Å². The molecular weight excluding hydrogens is 130 g/mol. The zero-order chi connectivity index (χ0) is 6.97. The largest absolute Gasteiger partial charge is 0.343 e. The first-order valence-corrected chi connectivity index (χ1v) is 3.40. The van der Waals surface area contributed by atoms with Gasteiger partial charge in [-0.3, -0.25) is 0 Å². The number of aromatic nitrogens is 2. The normalized spacial score (nSPS) is 20.9. The van der Waals surface area contributed by atoms with Gasteiger partial charge in [0, 0.05) is 0 Å². The molecule has 54 valence electrons. The Bertz CT molecular complexity index is 205. The molecule has 1 heterocycles. The summed E-state index contributed by atoms with van der Waals surface area (Å²) in [6.07, 6.45) is 3.73. The maximum Gasteiger partial charge on any atom is 0.213 e. The molecule has 0 unspecified atom stereocenters. The van der Waals surface area contributed by atoms with Gasteiger partial charge in [-0.2, -0.15) is 4.98 Å². The van der Waals surface area contributed by atoms with E-state index in [0.717, 1.165) is 0 Å². The molecule has 0 amide bonds. The Hall–Kier alpha value is -0.900. The second kappa shape index (κ2) is 2.05. The third kappa shape index (κ3) is 0.903. The highest BCUT2D eigenvalue weighted by Crippen LogP contribution is 2.38. The van der Waals surface area contributed by atoms with Gasteiger partial charge in [-0.25, -0.2) is 0 Å². The first-order chi connectivity index (χ1) is 4.88. The van der Waals surface area contributed by atoms with E-state index in [1.807, 2.05) is 0 Å². The van der Waals surface area contributed by atoms with Crippen LogP contribution in [-0.4, -0.2) is 10.1 Å². The second-order valence-electron chi connectivity index (χ2n) is 2.65. The summed E-state index contributed by atoms with van der Waals surface area (Å²) in [5.41, 5.74) is 5.76. The third-order valence-corrected chi connectivity index (χ3v) is 1.81. The van der Waals surface area contributed by atoms with Crippen LogP contribution >= 0.6 is 0 Å². The average Bonchev–Trinajstić information content (AvgIpc) is 2.65. The Morgan fingerprint density at radius 3 is 3.00 bits per heavy atom. The molecule has 0 bridgehead atoms. The van der Waals surface area contributed by atoms with Crippen molar-refractivity contribution < 1.29 is 4.52 Å². The minimum absolute atomic E-state index is 0.00116. The number of nitrogens with two attached hydrogens (primary N) is 1. The van der Waals surface area contributed by atoms with Gasteiger partial charge in [-0.1, -0.05) is 5.16 Å². The van der Waals surface area contributed by atoms with Crippen molar-refractivity contribution in [2.24, 2.45) is 11.7 Å². The average molecular weight is 139 g/mol. The summed E-state index contributed by atoms with van der Waals surface area (Å²) in [5.74, 6) is 1.24. The van der Waals surface area contributed by atoms with Gasteiger partial charge in [0.2, 0.25) is 6.39 Å². The molecule has 4 nitrogen and oxygen atoms in total. The van der Waals surface area contributed by atoms with Crippen molar-refractivity contribution >= 4 is 0 Å². The van der Waals surface area contributed by atoms with E-state index in [9.17, 15) is 0 Å². The van der Waals surface area contributed by atoms with Gasteiger partial charge in [0.15, 0.2) is 5.82 Å². The summed E-state index contributed by atoms with van der Waals surface area (Å²) in [6, 6.07) is -0.00116. The minimum atomic E-state index is -0.00116. The molecule has 2 rings (SSSR count). The molecule has 4 heteroatoms. The van der Waals surface area contributed by atoms with Gasteiger partial charge < -0.3 is 10.3 Å². The van der Waals surface area contributed by atoms with Gasteiger partial charge in [0.1, 0.15) is 0 Å². The van der Waals surface area contributed by atoms with Crippen LogP contribution in [0.25, 0.3) is 0 Å². The predicted molar refractivity (Wildman–Crippen MR) is 34.0 cm³/mol. The highest BCUT2D eigenvalue weighted by Gasteiger charge is 2.31. The molecule has 1 atom stereocenters. The Morgan fingerprint density at radius 1 is 1.70 bits per heavy atom. The van der Waals surface area contributed by atoms with Crippen LogP contribution in [0.1, 0.15) is 24.7 Å². The van der Waals surface area contributed by atoms with Crippen molar-refractivity contribution in [3.05, 3.63) is 12.2 Å². The van der Waals surface area contributed by atoms with Crippen LogP contribution in [0.15, 0.2) is 10.9 Å². The standard InChI is InChI=1S/C6H9N3O/c7-5(4-1-2-4)6-8-3-10-9-6/h3-5H,1-2,7H2/t5-/m0/s1. The molecule has 1 aliphatic carbocycles. The first kappa shape index (κ1) is 5.85. The first-order valence-electron chi connectivity index (χ1n) is 3.40. The second-order valence-corrected chi connectivity index (χ2v) is 2.65. The molecule has 1 aromatic rings. The Morgan fingerprint density at radius 2 is 2.50 bits per heavy atom. The summed E-state index contributed by atoms with van der Waals surface area (Å²) in [7, 11) is 0. The van der Waals surface area contributed by atoms with Crippen LogP contribution in [-0.2, 0) is 0 Å². The van der Waals surface area contributed by atoms with Gasteiger partial charge in [0.25, 0.3) is 0 Å². The van der Waals surface area contributed by atoms with E-state index in [1.165, 1.54) is 19.2 Å². The summed E-state index contributed by atoms with van der Waals surface area (Å²) in [4.78, 5) is 3.87. The molecule has 1 fully saturated rings. The molecule has 0 spiro atoms. The van der Waals surface area contributed by atoms with Crippen molar-refractivity contribution in [2.45, 2.75) is 18.9 Å². The Balaban J connectivity index is 2.11. The number of hydrogen-bond acceptors (Lipinski definition) is 4. The van der Waals surface area contributed by atoms with Gasteiger partial charge in [0.05, 0.1) is 6.04 Å². The molecule has 10 heavy (non-hydrogen) atoms. The van der Waals surface area contributed by atoms with Crippen molar-refractivity contribution in [2.75, 3.05) is 0 Å². The van der Waals surface area contributed by atoms with Crippen molar-refractivity contribution in [1.29, 1.82) is 0 Å². The molecular formula is C6H9N3O. The fourth-order valence-electron chi connectivity index (χ4n) is 0.992. The lowest BCUT2D eigenvalue weighted by atomic mass is 10.2. The molecule has 0 aliphatic heterocycles. The highest BCUT2D eigenvalue weighted by atomic mass is 16.5. The van der Waals surface area contributed by atoms with E-state index in [1.54, 1.807) is 0 Å².